The molecule has 1 saturated heterocycles. The first-order chi connectivity index (χ1) is 11.5. The fourth-order valence-electron chi connectivity index (χ4n) is 3.28. The monoisotopic (exact) mass is 333 g/mol. The Morgan fingerprint density at radius 3 is 2.92 bits per heavy atom. The normalized spacial score (nSPS) is 22.0. The second-order valence-electron chi connectivity index (χ2n) is 6.49. The highest BCUT2D eigenvalue weighted by atomic mass is 16.5. The maximum absolute atomic E-state index is 12.9. The highest BCUT2D eigenvalue weighted by molar-refractivity contribution is 5.95. The van der Waals surface area contributed by atoms with Crippen LogP contribution in [0.4, 0.5) is 0 Å². The Labute approximate surface area is 141 Å². The first-order valence-electron chi connectivity index (χ1n) is 8.45. The van der Waals surface area contributed by atoms with Gasteiger partial charge in [0.15, 0.2) is 0 Å². The van der Waals surface area contributed by atoms with Crippen LogP contribution in [0.3, 0.4) is 0 Å². The number of benzene rings is 1. The van der Waals surface area contributed by atoms with Gasteiger partial charge in [0, 0.05) is 31.7 Å². The molecule has 0 radical (unpaired) electrons. The standard InChI is InChI=1S/C18H23NO5/c1-12-9-14-10-13(4-5-16(14)24-12)18(22)19(7-6-17(20)21)11-15-3-2-8-23-15/h4-5,10,12,15H,2-3,6-9,11H2,1H3,(H,20,21). The Morgan fingerprint density at radius 1 is 1.38 bits per heavy atom. The van der Waals surface area contributed by atoms with Crippen LogP contribution in [0.5, 0.6) is 5.75 Å². The molecule has 24 heavy (non-hydrogen) atoms. The van der Waals surface area contributed by atoms with Crippen LogP contribution in [0, 0.1) is 0 Å². The Balaban J connectivity index is 1.74. The van der Waals surface area contributed by atoms with E-state index in [4.69, 9.17) is 14.6 Å². The van der Waals surface area contributed by atoms with Gasteiger partial charge in [0.2, 0.25) is 0 Å². The first kappa shape index (κ1) is 16.8. The molecule has 1 amide bonds. The number of carbonyl (C=O) groups excluding carboxylic acids is 1. The third kappa shape index (κ3) is 3.87. The summed E-state index contributed by atoms with van der Waals surface area (Å²) < 4.78 is 11.3. The van der Waals surface area contributed by atoms with Gasteiger partial charge in [-0.2, -0.15) is 0 Å². The number of hydrogen-bond donors (Lipinski definition) is 1. The van der Waals surface area contributed by atoms with Gasteiger partial charge >= 0.3 is 5.97 Å². The molecule has 1 aromatic rings. The van der Waals surface area contributed by atoms with E-state index in [0.29, 0.717) is 18.7 Å². The predicted molar refractivity (Wildman–Crippen MR) is 87.4 cm³/mol. The number of carboxylic acids is 1. The minimum Gasteiger partial charge on any atom is -0.490 e. The van der Waals surface area contributed by atoms with Gasteiger partial charge < -0.3 is 19.5 Å². The SMILES string of the molecule is CC1Cc2cc(C(=O)N(CCC(=O)O)CC3CCCO3)ccc2O1. The number of fused-ring (bicyclic) bond motifs is 1. The van der Waals surface area contributed by atoms with Crippen molar-refractivity contribution >= 4 is 11.9 Å². The summed E-state index contributed by atoms with van der Waals surface area (Å²) in [5.74, 6) is -0.222. The van der Waals surface area contributed by atoms with Crippen molar-refractivity contribution in [2.45, 2.75) is 44.8 Å². The number of rotatable bonds is 6. The van der Waals surface area contributed by atoms with Crippen LogP contribution in [0.15, 0.2) is 18.2 Å². The van der Waals surface area contributed by atoms with Crippen molar-refractivity contribution in [3.8, 4) is 5.75 Å². The van der Waals surface area contributed by atoms with Crippen molar-refractivity contribution in [1.29, 1.82) is 0 Å². The van der Waals surface area contributed by atoms with Crippen LogP contribution in [-0.2, 0) is 16.0 Å². The second kappa shape index (κ2) is 7.21. The quantitative estimate of drug-likeness (QED) is 0.863. The van der Waals surface area contributed by atoms with Gasteiger partial charge in [-0.3, -0.25) is 9.59 Å². The largest absolute Gasteiger partial charge is 0.490 e. The molecule has 1 aromatic carbocycles. The number of amides is 1. The number of nitrogens with zero attached hydrogens (tertiary/aromatic N) is 1. The minimum atomic E-state index is -0.906. The molecule has 2 unspecified atom stereocenters. The van der Waals surface area contributed by atoms with Gasteiger partial charge in [-0.25, -0.2) is 0 Å². The lowest BCUT2D eigenvalue weighted by Crippen LogP contribution is -2.38. The molecular formula is C18H23NO5. The van der Waals surface area contributed by atoms with Gasteiger partial charge in [0.05, 0.1) is 12.5 Å². The van der Waals surface area contributed by atoms with E-state index in [-0.39, 0.29) is 31.1 Å². The van der Waals surface area contributed by atoms with Gasteiger partial charge in [-0.15, -0.1) is 0 Å². The second-order valence-corrected chi connectivity index (χ2v) is 6.49. The summed E-state index contributed by atoms with van der Waals surface area (Å²) in [4.78, 5) is 25.4. The Morgan fingerprint density at radius 2 is 2.21 bits per heavy atom. The highest BCUT2D eigenvalue weighted by Gasteiger charge is 2.26. The topological polar surface area (TPSA) is 76.1 Å². The highest BCUT2D eigenvalue weighted by Crippen LogP contribution is 2.30. The molecule has 0 aromatic heterocycles. The van der Waals surface area contributed by atoms with Crippen LogP contribution < -0.4 is 4.74 Å². The lowest BCUT2D eigenvalue weighted by atomic mass is 10.1. The number of carbonyl (C=O) groups is 2. The maximum Gasteiger partial charge on any atom is 0.305 e. The molecule has 130 valence electrons. The lowest BCUT2D eigenvalue weighted by Gasteiger charge is -2.25. The summed E-state index contributed by atoms with van der Waals surface area (Å²) in [7, 11) is 0. The van der Waals surface area contributed by atoms with E-state index in [1.807, 2.05) is 19.1 Å². The van der Waals surface area contributed by atoms with Crippen molar-refractivity contribution < 1.29 is 24.2 Å². The van der Waals surface area contributed by atoms with Crippen molar-refractivity contribution in [2.75, 3.05) is 19.7 Å². The summed E-state index contributed by atoms with van der Waals surface area (Å²) in [5.41, 5.74) is 1.61. The van der Waals surface area contributed by atoms with Crippen LogP contribution in [0.1, 0.15) is 42.1 Å². The molecule has 3 rings (SSSR count). The third-order valence-corrected chi connectivity index (χ3v) is 4.47. The van der Waals surface area contributed by atoms with Crippen molar-refractivity contribution in [1.82, 2.24) is 4.90 Å². The van der Waals surface area contributed by atoms with Crippen molar-refractivity contribution in [3.63, 3.8) is 0 Å². The molecule has 0 saturated carbocycles. The molecule has 0 aliphatic carbocycles. The zero-order valence-corrected chi connectivity index (χ0v) is 13.9. The van der Waals surface area contributed by atoms with E-state index < -0.39 is 5.97 Å². The molecular weight excluding hydrogens is 310 g/mol. The third-order valence-electron chi connectivity index (χ3n) is 4.47. The Kier molecular flexibility index (Phi) is 5.04. The summed E-state index contributed by atoms with van der Waals surface area (Å²) >= 11 is 0. The van der Waals surface area contributed by atoms with E-state index in [0.717, 1.165) is 30.6 Å². The van der Waals surface area contributed by atoms with Crippen LogP contribution >= 0.6 is 0 Å². The number of aliphatic carboxylic acids is 1. The summed E-state index contributed by atoms with van der Waals surface area (Å²) in [6.07, 6.45) is 2.74. The number of hydrogen-bond acceptors (Lipinski definition) is 4. The zero-order valence-electron chi connectivity index (χ0n) is 13.9. The molecule has 0 bridgehead atoms. The summed E-state index contributed by atoms with van der Waals surface area (Å²) in [5, 5.41) is 8.95. The van der Waals surface area contributed by atoms with E-state index in [1.165, 1.54) is 0 Å². The lowest BCUT2D eigenvalue weighted by molar-refractivity contribution is -0.137. The molecule has 6 heteroatoms. The molecule has 2 heterocycles. The Hall–Kier alpha value is -2.08. The molecule has 2 aliphatic heterocycles. The molecule has 2 aliphatic rings. The fraction of sp³-hybridized carbons (Fsp3) is 0.556. The average molecular weight is 333 g/mol. The van der Waals surface area contributed by atoms with E-state index >= 15 is 0 Å². The maximum atomic E-state index is 12.9. The van der Waals surface area contributed by atoms with Gasteiger partial charge in [0.1, 0.15) is 11.9 Å². The minimum absolute atomic E-state index is 0.000489. The smallest absolute Gasteiger partial charge is 0.305 e. The molecule has 1 fully saturated rings. The van der Waals surface area contributed by atoms with Gasteiger partial charge in [-0.05, 0) is 43.5 Å². The predicted octanol–water partition coefficient (Wildman–Crippen LogP) is 2.11. The van der Waals surface area contributed by atoms with Crippen molar-refractivity contribution in [3.05, 3.63) is 29.3 Å². The first-order valence-corrected chi connectivity index (χ1v) is 8.45. The average Bonchev–Trinajstić information content (AvgIpc) is 3.17. The number of carboxylic acid groups (broad SMARTS) is 1. The van der Waals surface area contributed by atoms with E-state index in [1.54, 1.807) is 11.0 Å². The van der Waals surface area contributed by atoms with Crippen LogP contribution in [0.2, 0.25) is 0 Å². The Bertz CT molecular complexity index is 624. The van der Waals surface area contributed by atoms with E-state index in [9.17, 15) is 9.59 Å². The van der Waals surface area contributed by atoms with Crippen molar-refractivity contribution in [2.24, 2.45) is 0 Å². The molecule has 2 atom stereocenters. The van der Waals surface area contributed by atoms with Gasteiger partial charge in [0.25, 0.3) is 5.91 Å². The van der Waals surface area contributed by atoms with Crippen LogP contribution in [-0.4, -0.2) is 53.8 Å². The molecule has 1 N–H and O–H groups in total. The fourth-order valence-corrected chi connectivity index (χ4v) is 3.28. The van der Waals surface area contributed by atoms with E-state index in [2.05, 4.69) is 0 Å². The summed E-state index contributed by atoms with van der Waals surface area (Å²) in [6.45, 7) is 3.34. The molecule has 0 spiro atoms. The molecule has 6 nitrogen and oxygen atoms in total. The number of ether oxygens (including phenoxy) is 2. The zero-order chi connectivity index (χ0) is 17.1. The summed E-state index contributed by atoms with van der Waals surface area (Å²) in [6, 6.07) is 5.44. The van der Waals surface area contributed by atoms with Crippen LogP contribution in [0.25, 0.3) is 0 Å². The van der Waals surface area contributed by atoms with Gasteiger partial charge in [-0.1, -0.05) is 0 Å².